The van der Waals surface area contributed by atoms with Gasteiger partial charge in [-0.25, -0.2) is 14.6 Å². The fraction of sp³-hybridized carbons (Fsp3) is 0.556. The van der Waals surface area contributed by atoms with Gasteiger partial charge in [0.2, 0.25) is 0 Å². The lowest BCUT2D eigenvalue weighted by molar-refractivity contribution is -0.144. The van der Waals surface area contributed by atoms with Crippen molar-refractivity contribution in [2.45, 2.75) is 70.1 Å². The zero-order valence-electron chi connectivity index (χ0n) is 28.1. The summed E-state index contributed by atoms with van der Waals surface area (Å²) in [7, 11) is 0. The summed E-state index contributed by atoms with van der Waals surface area (Å²) in [4.78, 5) is 56.8. The highest BCUT2D eigenvalue weighted by Crippen LogP contribution is 2.30. The van der Waals surface area contributed by atoms with Crippen molar-refractivity contribution >= 4 is 34.8 Å². The van der Waals surface area contributed by atoms with Crippen LogP contribution in [0.4, 0.5) is 15.3 Å². The van der Waals surface area contributed by atoms with Crippen LogP contribution in [-0.2, 0) is 16.0 Å². The molecule has 256 valence electrons. The maximum Gasteiger partial charge on any atom is 0.410 e. The Morgan fingerprint density at radius 3 is 2.44 bits per heavy atom. The van der Waals surface area contributed by atoms with Crippen LogP contribution in [0.3, 0.4) is 0 Å². The second-order valence-corrected chi connectivity index (χ2v) is 13.8. The average molecular weight is 657 g/mol. The Morgan fingerprint density at radius 1 is 0.917 bits per heavy atom. The van der Waals surface area contributed by atoms with Crippen LogP contribution in [0.5, 0.6) is 0 Å². The van der Waals surface area contributed by atoms with E-state index < -0.39 is 12.2 Å². The Labute approximate surface area is 282 Å². The zero-order valence-corrected chi connectivity index (χ0v) is 28.1. The van der Waals surface area contributed by atoms with Crippen molar-refractivity contribution in [3.05, 3.63) is 59.4 Å². The summed E-state index contributed by atoms with van der Waals surface area (Å²) in [5.41, 5.74) is 5.72. The number of para-hydroxylation sites is 1. The van der Waals surface area contributed by atoms with Crippen LogP contribution < -0.4 is 10.6 Å². The normalized spacial score (nSPS) is 21.4. The molecule has 7 rings (SSSR count). The van der Waals surface area contributed by atoms with E-state index in [0.29, 0.717) is 51.6 Å². The van der Waals surface area contributed by atoms with Crippen molar-refractivity contribution in [1.29, 1.82) is 0 Å². The van der Waals surface area contributed by atoms with Crippen LogP contribution in [0.15, 0.2) is 42.7 Å². The Bertz CT molecular complexity index is 1620. The maximum absolute atomic E-state index is 14.3. The van der Waals surface area contributed by atoms with Crippen molar-refractivity contribution in [2.24, 2.45) is 0 Å². The molecular weight excluding hydrogens is 608 g/mol. The molecule has 3 aromatic rings. The first-order valence-electron chi connectivity index (χ1n) is 17.6. The molecule has 12 heteroatoms. The number of hydrogen-bond donors (Lipinski definition) is 3. The Balaban J connectivity index is 1.02. The summed E-state index contributed by atoms with van der Waals surface area (Å²) >= 11 is 0. The van der Waals surface area contributed by atoms with Gasteiger partial charge in [0.1, 0.15) is 0 Å². The van der Waals surface area contributed by atoms with Gasteiger partial charge in [-0.2, -0.15) is 0 Å². The number of piperazine rings is 1. The molecule has 3 fully saturated rings. The van der Waals surface area contributed by atoms with Crippen molar-refractivity contribution < 1.29 is 19.1 Å². The number of hydrogen-bond acceptors (Lipinski definition) is 7. The molecule has 2 atom stereocenters. The SMILES string of the molecule is Cc1cc(C(C)C(OC(=O)N2CCC(N3CCc4ccccc4NC3=O)CC2)C(=O)N2CCN(C3CCNCC3)CC2)cc2[nH]cnc12. The molecule has 4 amide bonds. The molecule has 0 radical (unpaired) electrons. The van der Waals surface area contributed by atoms with Gasteiger partial charge in [-0.15, -0.1) is 0 Å². The monoisotopic (exact) mass is 656 g/mol. The number of aryl methyl sites for hydroxylation is 1. The number of aromatic nitrogens is 2. The molecule has 12 nitrogen and oxygen atoms in total. The third kappa shape index (κ3) is 6.73. The number of piperidine rings is 2. The van der Waals surface area contributed by atoms with E-state index in [1.54, 1.807) is 11.2 Å². The number of urea groups is 1. The van der Waals surface area contributed by atoms with Crippen LogP contribution in [0.1, 0.15) is 55.2 Å². The molecule has 48 heavy (non-hydrogen) atoms. The van der Waals surface area contributed by atoms with Gasteiger partial charge in [0.05, 0.1) is 17.4 Å². The van der Waals surface area contributed by atoms with Crippen LogP contribution >= 0.6 is 0 Å². The summed E-state index contributed by atoms with van der Waals surface area (Å²) in [6, 6.07) is 12.5. The number of carbonyl (C=O) groups is 3. The number of nitrogens with one attached hydrogen (secondary N) is 3. The number of likely N-dealkylation sites (tertiary alicyclic amines) is 1. The molecule has 4 aliphatic heterocycles. The average Bonchev–Trinajstić information content (AvgIpc) is 3.54. The van der Waals surface area contributed by atoms with Crippen LogP contribution in [-0.4, -0.2) is 125 Å². The van der Waals surface area contributed by atoms with Gasteiger partial charge < -0.3 is 35.1 Å². The quantitative estimate of drug-likeness (QED) is 0.367. The number of H-pyrrole nitrogens is 1. The summed E-state index contributed by atoms with van der Waals surface area (Å²) in [6.07, 6.45) is 4.60. The number of rotatable bonds is 6. The third-order valence-corrected chi connectivity index (χ3v) is 10.9. The molecule has 0 aliphatic carbocycles. The lowest BCUT2D eigenvalue weighted by Crippen LogP contribution is -2.56. The molecule has 5 heterocycles. The molecule has 0 saturated carbocycles. The molecule has 3 saturated heterocycles. The molecule has 0 spiro atoms. The van der Waals surface area contributed by atoms with Crippen molar-refractivity contribution in [2.75, 3.05) is 64.2 Å². The smallest absolute Gasteiger partial charge is 0.410 e. The topological polar surface area (TPSA) is 126 Å². The Kier molecular flexibility index (Phi) is 9.54. The number of aromatic amines is 1. The molecule has 2 unspecified atom stereocenters. The van der Waals surface area contributed by atoms with E-state index in [1.165, 1.54) is 0 Å². The van der Waals surface area contributed by atoms with E-state index >= 15 is 0 Å². The van der Waals surface area contributed by atoms with Gasteiger partial charge >= 0.3 is 12.1 Å². The van der Waals surface area contributed by atoms with E-state index in [-0.39, 0.29) is 23.9 Å². The summed E-state index contributed by atoms with van der Waals surface area (Å²) in [5, 5.41) is 6.50. The highest BCUT2D eigenvalue weighted by molar-refractivity contribution is 5.91. The number of carbonyl (C=O) groups excluding carboxylic acids is 3. The maximum atomic E-state index is 14.3. The second-order valence-electron chi connectivity index (χ2n) is 13.8. The van der Waals surface area contributed by atoms with Crippen LogP contribution in [0.25, 0.3) is 11.0 Å². The van der Waals surface area contributed by atoms with Crippen molar-refractivity contribution in [1.82, 2.24) is 34.9 Å². The van der Waals surface area contributed by atoms with E-state index in [2.05, 4.69) is 31.6 Å². The number of imidazole rings is 1. The number of fused-ring (bicyclic) bond motifs is 2. The van der Waals surface area contributed by atoms with Gasteiger partial charge in [-0.3, -0.25) is 9.69 Å². The Morgan fingerprint density at radius 2 is 1.67 bits per heavy atom. The van der Waals surface area contributed by atoms with Gasteiger partial charge in [0, 0.05) is 69.5 Å². The van der Waals surface area contributed by atoms with Gasteiger partial charge in [0.25, 0.3) is 5.91 Å². The largest absolute Gasteiger partial charge is 0.435 e. The van der Waals surface area contributed by atoms with Crippen LogP contribution in [0, 0.1) is 6.92 Å². The fourth-order valence-corrected chi connectivity index (χ4v) is 8.00. The summed E-state index contributed by atoms with van der Waals surface area (Å²) < 4.78 is 6.22. The fourth-order valence-electron chi connectivity index (χ4n) is 8.00. The molecule has 0 bridgehead atoms. The summed E-state index contributed by atoms with van der Waals surface area (Å²) in [6.45, 7) is 10.5. The lowest BCUT2D eigenvalue weighted by Gasteiger charge is -2.42. The summed E-state index contributed by atoms with van der Waals surface area (Å²) in [5.74, 6) is -0.505. The van der Waals surface area contributed by atoms with Crippen LogP contribution in [0.2, 0.25) is 0 Å². The first kappa shape index (κ1) is 32.4. The number of amides is 4. The van der Waals surface area contributed by atoms with E-state index in [4.69, 9.17) is 4.74 Å². The van der Waals surface area contributed by atoms with E-state index in [0.717, 1.165) is 78.9 Å². The van der Waals surface area contributed by atoms with Crippen molar-refractivity contribution in [3.8, 4) is 0 Å². The predicted octanol–water partition coefficient (Wildman–Crippen LogP) is 3.93. The minimum atomic E-state index is -0.963. The predicted molar refractivity (Wildman–Crippen MR) is 184 cm³/mol. The van der Waals surface area contributed by atoms with E-state index in [9.17, 15) is 14.4 Å². The molecular formula is C36H48N8O4. The number of benzene rings is 2. The minimum Gasteiger partial charge on any atom is -0.435 e. The highest BCUT2D eigenvalue weighted by Gasteiger charge is 2.39. The van der Waals surface area contributed by atoms with Gasteiger partial charge in [0.15, 0.2) is 6.10 Å². The number of anilines is 1. The third-order valence-electron chi connectivity index (χ3n) is 10.9. The molecule has 3 N–H and O–H groups in total. The zero-order chi connectivity index (χ0) is 33.2. The standard InChI is InChI=1S/C36H48N8O4/c1-24-21-27(22-31-32(24)39-23-38-31)25(2)33(34(45)42-19-17-41(18-20-42)28-7-12-37-13-8-28)48-36(47)43-14-10-29(11-15-43)44-16-9-26-5-3-4-6-30(26)40-35(44)46/h3-6,21-23,25,28-29,33,37H,7-20H2,1-2H3,(H,38,39)(H,40,46). The Hall–Kier alpha value is -4.16. The second kappa shape index (κ2) is 14.1. The molecule has 1 aromatic heterocycles. The van der Waals surface area contributed by atoms with Gasteiger partial charge in [-0.1, -0.05) is 31.2 Å². The van der Waals surface area contributed by atoms with E-state index in [1.807, 2.05) is 54.0 Å². The highest BCUT2D eigenvalue weighted by atomic mass is 16.6. The first-order chi connectivity index (χ1) is 23.4. The lowest BCUT2D eigenvalue weighted by atomic mass is 9.92. The van der Waals surface area contributed by atoms with Gasteiger partial charge in [-0.05, 0) is 80.9 Å². The molecule has 2 aromatic carbocycles. The first-order valence-corrected chi connectivity index (χ1v) is 17.6. The molecule has 4 aliphatic rings. The number of ether oxygens (including phenoxy) is 1. The minimum absolute atomic E-state index is 0.0278. The van der Waals surface area contributed by atoms with Crippen molar-refractivity contribution in [3.63, 3.8) is 0 Å². The number of nitrogens with zero attached hydrogens (tertiary/aromatic N) is 5.